The normalized spacial score (nSPS) is 18.4. The minimum absolute atomic E-state index is 0.354. The summed E-state index contributed by atoms with van der Waals surface area (Å²) in [5.74, 6) is 0.354. The van der Waals surface area contributed by atoms with Crippen LogP contribution in [0.1, 0.15) is 37.7 Å². The first-order chi connectivity index (χ1) is 15.4. The van der Waals surface area contributed by atoms with Crippen molar-refractivity contribution in [3.8, 4) is 0 Å². The van der Waals surface area contributed by atoms with Crippen molar-refractivity contribution in [1.29, 1.82) is 0 Å². The zero-order chi connectivity index (χ0) is 20.6. The van der Waals surface area contributed by atoms with E-state index in [4.69, 9.17) is 0 Å². The van der Waals surface area contributed by atoms with Crippen molar-refractivity contribution in [2.24, 2.45) is 0 Å². The van der Waals surface area contributed by atoms with Crippen LogP contribution in [0.15, 0.2) is 115 Å². The quantitative estimate of drug-likeness (QED) is 0.310. The van der Waals surface area contributed by atoms with Crippen molar-refractivity contribution >= 4 is 39.1 Å². The molecule has 0 N–H and O–H groups in total. The molecule has 2 unspecified atom stereocenters. The van der Waals surface area contributed by atoms with Gasteiger partial charge in [-0.25, -0.2) is 0 Å². The molecule has 0 fully saturated rings. The van der Waals surface area contributed by atoms with Gasteiger partial charge in [0.25, 0.3) is 0 Å². The second-order valence-corrected chi connectivity index (χ2v) is 15.6. The first kappa shape index (κ1) is 18.9. The Kier molecular flexibility index (Phi) is 4.88. The number of rotatable bonds is 4. The van der Waals surface area contributed by atoms with Crippen molar-refractivity contribution < 1.29 is 0 Å². The molecule has 6 rings (SSSR count). The molecule has 1 heteroatoms. The first-order valence-corrected chi connectivity index (χ1v) is 15.5. The molecule has 0 nitrogen and oxygen atoms in total. The van der Waals surface area contributed by atoms with Crippen molar-refractivity contribution in [2.75, 3.05) is 0 Å². The molecule has 0 heterocycles. The summed E-state index contributed by atoms with van der Waals surface area (Å²) < 4.78 is 3.72. The molecule has 147 valence electrons. The maximum atomic E-state index is 2.49. The summed E-state index contributed by atoms with van der Waals surface area (Å²) in [6.45, 7) is 0. The standard InChI is InChI=1S/C15H11.C9H7.C6H5.Sn/c1-2-6-12(7-3-1)15-11-10-13-8-4-5-9-14(13)15;1-2-5-9-7-3-6-8(9)4-1;1-2-4-6-5-3-1;/h1-6,8-11,15H;1-7H;1-5H;. The topological polar surface area (TPSA) is 0 Å². The molecule has 1 radical (unpaired) electrons. The van der Waals surface area contributed by atoms with Crippen LogP contribution in [0.5, 0.6) is 0 Å². The van der Waals surface area contributed by atoms with E-state index in [2.05, 4.69) is 127 Å². The van der Waals surface area contributed by atoms with E-state index >= 15 is 0 Å². The molecule has 0 amide bonds. The third-order valence-electron chi connectivity index (χ3n) is 6.58. The Morgan fingerprint density at radius 2 is 1.06 bits per heavy atom. The molecule has 2 aliphatic rings. The molecular formula is C30H23Sn. The van der Waals surface area contributed by atoms with Gasteiger partial charge in [0, 0.05) is 0 Å². The van der Waals surface area contributed by atoms with Gasteiger partial charge in [-0.2, -0.15) is 0 Å². The average molecular weight is 502 g/mol. The van der Waals surface area contributed by atoms with Gasteiger partial charge in [0.2, 0.25) is 0 Å². The second kappa shape index (κ2) is 8.01. The zero-order valence-electron chi connectivity index (χ0n) is 17.3. The van der Waals surface area contributed by atoms with E-state index < -0.39 is 19.8 Å². The molecule has 0 saturated heterocycles. The van der Waals surface area contributed by atoms with Crippen LogP contribution >= 0.6 is 0 Å². The van der Waals surface area contributed by atoms with Crippen molar-refractivity contribution in [3.63, 3.8) is 0 Å². The summed E-state index contributed by atoms with van der Waals surface area (Å²) in [6.07, 6.45) is 9.53. The SMILES string of the molecule is C1=CC(c2cccc[c]2[Sn]([c]2ccccc2)[CH]2C=Cc3ccccc32)c2ccccc21. The molecule has 4 aromatic rings. The van der Waals surface area contributed by atoms with Crippen LogP contribution in [-0.2, 0) is 0 Å². The van der Waals surface area contributed by atoms with Gasteiger partial charge < -0.3 is 0 Å². The molecule has 0 saturated carbocycles. The van der Waals surface area contributed by atoms with Crippen molar-refractivity contribution in [2.45, 2.75) is 9.85 Å². The number of hydrogen-bond acceptors (Lipinski definition) is 0. The predicted molar refractivity (Wildman–Crippen MR) is 133 cm³/mol. The van der Waals surface area contributed by atoms with Crippen LogP contribution in [0, 0.1) is 0 Å². The summed E-state index contributed by atoms with van der Waals surface area (Å²) in [6, 6.07) is 38.4. The van der Waals surface area contributed by atoms with E-state index in [0.29, 0.717) is 9.85 Å². The fraction of sp³-hybridized carbons (Fsp3) is 0.0667. The van der Waals surface area contributed by atoms with Crippen LogP contribution in [0.3, 0.4) is 0 Å². The van der Waals surface area contributed by atoms with Gasteiger partial charge in [-0.05, 0) is 0 Å². The zero-order valence-corrected chi connectivity index (χ0v) is 20.1. The van der Waals surface area contributed by atoms with Crippen LogP contribution in [-0.4, -0.2) is 19.8 Å². The Bertz CT molecular complexity index is 1300. The Balaban J connectivity index is 1.53. The number of fused-ring (bicyclic) bond motifs is 2. The van der Waals surface area contributed by atoms with Gasteiger partial charge in [0.05, 0.1) is 0 Å². The predicted octanol–water partition coefficient (Wildman–Crippen LogP) is 5.80. The van der Waals surface area contributed by atoms with E-state index in [1.54, 1.807) is 7.16 Å². The van der Waals surface area contributed by atoms with E-state index in [1.807, 2.05) is 0 Å². The van der Waals surface area contributed by atoms with Crippen molar-refractivity contribution in [1.82, 2.24) is 0 Å². The summed E-state index contributed by atoms with van der Waals surface area (Å²) >= 11 is -2.34. The third-order valence-corrected chi connectivity index (χ3v) is 15.5. The van der Waals surface area contributed by atoms with E-state index in [0.717, 1.165) is 0 Å². The Morgan fingerprint density at radius 1 is 0.484 bits per heavy atom. The molecule has 2 atom stereocenters. The minimum atomic E-state index is -2.34. The summed E-state index contributed by atoms with van der Waals surface area (Å²) in [5.41, 5.74) is 7.20. The average Bonchev–Trinajstić information content (AvgIpc) is 3.45. The molecule has 0 spiro atoms. The fourth-order valence-corrected chi connectivity index (χ4v) is 14.4. The second-order valence-electron chi connectivity index (χ2n) is 8.30. The van der Waals surface area contributed by atoms with Crippen molar-refractivity contribution in [3.05, 3.63) is 143 Å². The molecule has 2 aliphatic carbocycles. The molecule has 31 heavy (non-hydrogen) atoms. The Labute approximate surface area is 191 Å². The molecule has 0 aromatic heterocycles. The van der Waals surface area contributed by atoms with E-state index in [-0.39, 0.29) is 0 Å². The maximum absolute atomic E-state index is 2.49. The monoisotopic (exact) mass is 503 g/mol. The summed E-state index contributed by atoms with van der Waals surface area (Å²) in [4.78, 5) is 0. The Hall–Kier alpha value is -2.84. The van der Waals surface area contributed by atoms with Gasteiger partial charge in [0.1, 0.15) is 0 Å². The van der Waals surface area contributed by atoms with Crippen LogP contribution in [0.2, 0.25) is 0 Å². The van der Waals surface area contributed by atoms with E-state index in [1.165, 1.54) is 27.8 Å². The van der Waals surface area contributed by atoms with Gasteiger partial charge in [-0.3, -0.25) is 0 Å². The van der Waals surface area contributed by atoms with E-state index in [9.17, 15) is 0 Å². The number of hydrogen-bond donors (Lipinski definition) is 0. The Morgan fingerprint density at radius 3 is 1.87 bits per heavy atom. The van der Waals surface area contributed by atoms with Gasteiger partial charge >= 0.3 is 192 Å². The van der Waals surface area contributed by atoms with Crippen LogP contribution in [0.4, 0.5) is 0 Å². The third kappa shape index (κ3) is 3.30. The number of allylic oxidation sites excluding steroid dienone is 2. The fourth-order valence-electron chi connectivity index (χ4n) is 5.16. The van der Waals surface area contributed by atoms with Gasteiger partial charge in [-0.1, -0.05) is 0 Å². The molecule has 0 bridgehead atoms. The summed E-state index contributed by atoms with van der Waals surface area (Å²) in [5, 5.41) is 0. The van der Waals surface area contributed by atoms with Crippen LogP contribution in [0.25, 0.3) is 12.2 Å². The molecule has 0 aliphatic heterocycles. The van der Waals surface area contributed by atoms with Gasteiger partial charge in [-0.15, -0.1) is 0 Å². The first-order valence-electron chi connectivity index (χ1n) is 11.0. The van der Waals surface area contributed by atoms with Crippen LogP contribution < -0.4 is 7.16 Å². The molecule has 4 aromatic carbocycles. The molecular weight excluding hydrogens is 479 g/mol. The number of benzene rings is 4. The van der Waals surface area contributed by atoms with Gasteiger partial charge in [0.15, 0.2) is 0 Å². The summed E-state index contributed by atoms with van der Waals surface area (Å²) in [7, 11) is 0.